The number of fused-ring (bicyclic) bond motifs is 8. The van der Waals surface area contributed by atoms with Crippen LogP contribution < -0.4 is 15.7 Å². The van der Waals surface area contributed by atoms with Gasteiger partial charge in [-0.2, -0.15) is 0 Å². The van der Waals surface area contributed by atoms with E-state index >= 15 is 0 Å². The summed E-state index contributed by atoms with van der Waals surface area (Å²) < 4.78 is 0. The van der Waals surface area contributed by atoms with Crippen molar-refractivity contribution in [2.45, 2.75) is 45.4 Å². The minimum absolute atomic E-state index is 0.00286. The topological polar surface area (TPSA) is 3.24 Å². The van der Waals surface area contributed by atoms with Crippen molar-refractivity contribution in [2.75, 3.05) is 4.81 Å². The van der Waals surface area contributed by atoms with Crippen LogP contribution in [0.3, 0.4) is 0 Å². The van der Waals surface area contributed by atoms with Crippen LogP contribution in [0, 0.1) is 6.92 Å². The van der Waals surface area contributed by atoms with Gasteiger partial charge in [-0.05, 0) is 121 Å². The van der Waals surface area contributed by atoms with E-state index < -0.39 is 0 Å². The maximum Gasteiger partial charge on any atom is 0.329 e. The molecule has 2 heteroatoms. The van der Waals surface area contributed by atoms with Gasteiger partial charge in [-0.1, -0.05) is 166 Å². The first-order valence-corrected chi connectivity index (χ1v) is 19.8. The Hall–Kier alpha value is -6.12. The van der Waals surface area contributed by atoms with Gasteiger partial charge in [0.1, 0.15) is 0 Å². The first-order valence-electron chi connectivity index (χ1n) is 19.8. The lowest BCUT2D eigenvalue weighted by Crippen LogP contribution is -2.62. The summed E-state index contributed by atoms with van der Waals surface area (Å²) in [6, 6.07) is 62.3. The molecule has 1 unspecified atom stereocenters. The lowest BCUT2D eigenvalue weighted by Gasteiger charge is -2.47. The first kappa shape index (κ1) is 32.3. The van der Waals surface area contributed by atoms with Crippen LogP contribution in [0.4, 0.5) is 11.4 Å². The van der Waals surface area contributed by atoms with Gasteiger partial charge in [-0.25, -0.2) is 0 Å². The number of nitrogens with zero attached hydrogens (tertiary/aromatic N) is 1. The number of hydrogen-bond donors (Lipinski definition) is 0. The van der Waals surface area contributed by atoms with Crippen molar-refractivity contribution >= 4 is 39.9 Å². The van der Waals surface area contributed by atoms with Gasteiger partial charge >= 0.3 is 6.85 Å². The predicted octanol–water partition coefficient (Wildman–Crippen LogP) is 12.4. The normalized spacial score (nSPS) is 14.9. The lowest BCUT2D eigenvalue weighted by atomic mass is 9.39. The fraction of sp³-hybridized carbons (Fsp3) is 0.132. The Labute approximate surface area is 325 Å². The Morgan fingerprint density at radius 1 is 0.564 bits per heavy atom. The molecule has 8 aromatic carbocycles. The molecule has 0 amide bonds. The standard InChI is InChI=1S/C53H42BN/c1-33-27-47-43-26-21-36-17-11-12-18-42(36)52(43)55(41-24-22-40(23-25-41)53(2,3)4)54-49-32-39(35-15-9-6-10-16-35)31-45-44-29-37(34-13-7-5-8-14-34)19-20-38(44)30-46(50(45)49)48(28-33)51(47)54/h5-29,31-32,46H,30H2,1-4H3. The fourth-order valence-corrected chi connectivity index (χ4v) is 10.0. The molecule has 3 aliphatic rings. The highest BCUT2D eigenvalue weighted by Gasteiger charge is 2.47. The van der Waals surface area contributed by atoms with Gasteiger partial charge < -0.3 is 4.81 Å². The zero-order chi connectivity index (χ0) is 37.0. The van der Waals surface area contributed by atoms with E-state index in [1.54, 1.807) is 0 Å². The molecule has 0 fully saturated rings. The quantitative estimate of drug-likeness (QED) is 0.166. The van der Waals surface area contributed by atoms with Gasteiger partial charge in [0.25, 0.3) is 0 Å². The molecule has 11 rings (SSSR count). The van der Waals surface area contributed by atoms with Crippen molar-refractivity contribution < 1.29 is 0 Å². The monoisotopic (exact) mass is 703 g/mol. The van der Waals surface area contributed by atoms with Crippen molar-refractivity contribution in [1.82, 2.24) is 0 Å². The molecule has 1 nitrogen and oxygen atoms in total. The SMILES string of the molecule is Cc1cc2c3c(c1)C1Cc4ccc(-c5ccccc5)cc4-c4cc(-c5ccccc5)cc(c41)B3N(c1ccc(C(C)(C)C)cc1)c1c-2ccc2ccccc12. The molecule has 0 radical (unpaired) electrons. The van der Waals surface area contributed by atoms with Gasteiger partial charge in [0.2, 0.25) is 0 Å². The second-order valence-corrected chi connectivity index (χ2v) is 17.0. The first-order chi connectivity index (χ1) is 26.8. The van der Waals surface area contributed by atoms with E-state index in [9.17, 15) is 0 Å². The van der Waals surface area contributed by atoms with Gasteiger partial charge in [0.15, 0.2) is 0 Å². The highest BCUT2D eigenvalue weighted by Crippen LogP contribution is 2.51. The second-order valence-electron chi connectivity index (χ2n) is 17.0. The van der Waals surface area contributed by atoms with Crippen LogP contribution in [0.25, 0.3) is 55.3 Å². The maximum absolute atomic E-state index is 2.71. The van der Waals surface area contributed by atoms with Gasteiger partial charge in [-0.15, -0.1) is 0 Å². The smallest absolute Gasteiger partial charge is 0.329 e. The van der Waals surface area contributed by atoms with Gasteiger partial charge in [-0.3, -0.25) is 0 Å². The molecule has 8 aromatic rings. The number of hydrogen-bond acceptors (Lipinski definition) is 1. The summed E-state index contributed by atoms with van der Waals surface area (Å²) in [6.07, 6.45) is 0.989. The van der Waals surface area contributed by atoms with Gasteiger partial charge in [0, 0.05) is 28.2 Å². The molecule has 2 heterocycles. The van der Waals surface area contributed by atoms with Crippen LogP contribution in [0.2, 0.25) is 0 Å². The summed E-state index contributed by atoms with van der Waals surface area (Å²) in [5, 5.41) is 2.56. The Balaban J connectivity index is 1.26. The van der Waals surface area contributed by atoms with E-state index in [0.717, 1.165) is 6.42 Å². The molecule has 262 valence electrons. The Morgan fingerprint density at radius 3 is 2.00 bits per heavy atom. The van der Waals surface area contributed by atoms with Crippen LogP contribution in [0.15, 0.2) is 164 Å². The van der Waals surface area contributed by atoms with E-state index in [1.165, 1.54) is 105 Å². The van der Waals surface area contributed by atoms with E-state index in [0.29, 0.717) is 0 Å². The average molecular weight is 704 g/mol. The zero-order valence-electron chi connectivity index (χ0n) is 31.9. The van der Waals surface area contributed by atoms with Crippen LogP contribution >= 0.6 is 0 Å². The lowest BCUT2D eigenvalue weighted by molar-refractivity contribution is 0.590. The predicted molar refractivity (Wildman–Crippen MR) is 235 cm³/mol. The highest BCUT2D eigenvalue weighted by atomic mass is 15.1. The molecule has 0 spiro atoms. The molecule has 2 aliphatic heterocycles. The fourth-order valence-electron chi connectivity index (χ4n) is 10.0. The number of rotatable bonds is 3. The highest BCUT2D eigenvalue weighted by molar-refractivity contribution is 6.92. The summed E-state index contributed by atoms with van der Waals surface area (Å²) in [4.78, 5) is 2.71. The third kappa shape index (κ3) is 4.94. The molecule has 1 aliphatic carbocycles. The van der Waals surface area contributed by atoms with Crippen molar-refractivity contribution in [3.8, 4) is 44.5 Å². The maximum atomic E-state index is 2.71. The summed E-state index contributed by atoms with van der Waals surface area (Å²) in [6.45, 7) is 9.21. The van der Waals surface area contributed by atoms with Crippen LogP contribution in [0.1, 0.15) is 54.5 Å². The van der Waals surface area contributed by atoms with E-state index in [4.69, 9.17) is 0 Å². The largest absolute Gasteiger partial charge is 0.376 e. The minimum Gasteiger partial charge on any atom is -0.376 e. The Morgan fingerprint density at radius 2 is 1.25 bits per heavy atom. The molecule has 0 saturated heterocycles. The van der Waals surface area contributed by atoms with Crippen LogP contribution in [-0.2, 0) is 11.8 Å². The van der Waals surface area contributed by atoms with E-state index in [-0.39, 0.29) is 18.2 Å². The summed E-state index contributed by atoms with van der Waals surface area (Å²) in [5.74, 6) is 0.266. The van der Waals surface area contributed by atoms with E-state index in [2.05, 4.69) is 196 Å². The Kier molecular flexibility index (Phi) is 7.02. The molecule has 1 atom stereocenters. The zero-order valence-corrected chi connectivity index (χ0v) is 31.9. The van der Waals surface area contributed by atoms with Crippen LogP contribution in [0.5, 0.6) is 0 Å². The summed E-state index contributed by atoms with van der Waals surface area (Å²) >= 11 is 0. The third-order valence-electron chi connectivity index (χ3n) is 12.6. The van der Waals surface area contributed by atoms with Crippen molar-refractivity contribution in [2.24, 2.45) is 0 Å². The molecule has 0 N–H and O–H groups in total. The van der Waals surface area contributed by atoms with Crippen molar-refractivity contribution in [3.63, 3.8) is 0 Å². The third-order valence-corrected chi connectivity index (χ3v) is 12.6. The van der Waals surface area contributed by atoms with Crippen molar-refractivity contribution in [3.05, 3.63) is 192 Å². The van der Waals surface area contributed by atoms with E-state index in [1.807, 2.05) is 0 Å². The van der Waals surface area contributed by atoms with Crippen LogP contribution in [-0.4, -0.2) is 6.85 Å². The average Bonchev–Trinajstić information content (AvgIpc) is 3.22. The minimum atomic E-state index is -0.00286. The molecular formula is C53H42BN. The van der Waals surface area contributed by atoms with Gasteiger partial charge in [0.05, 0.1) is 0 Å². The molecular weight excluding hydrogens is 661 g/mol. The summed E-state index contributed by atoms with van der Waals surface area (Å²) in [7, 11) is 0. The number of benzene rings is 8. The number of anilines is 2. The Bertz CT molecular complexity index is 2830. The number of aryl methyl sites for hydroxylation is 1. The molecule has 0 saturated carbocycles. The molecule has 0 bridgehead atoms. The summed E-state index contributed by atoms with van der Waals surface area (Å²) in [5.41, 5.74) is 23.1. The second kappa shape index (κ2) is 11.9. The molecule has 0 aromatic heterocycles. The van der Waals surface area contributed by atoms with Crippen molar-refractivity contribution in [1.29, 1.82) is 0 Å². The molecule has 55 heavy (non-hydrogen) atoms.